The van der Waals surface area contributed by atoms with Gasteiger partial charge in [-0.2, -0.15) is 0 Å². The highest BCUT2D eigenvalue weighted by atomic mass is 79.9. The Morgan fingerprint density at radius 2 is 2.32 bits per heavy atom. The third-order valence-corrected chi connectivity index (χ3v) is 3.72. The molecule has 2 rings (SSSR count). The van der Waals surface area contributed by atoms with E-state index in [1.807, 2.05) is 6.07 Å². The van der Waals surface area contributed by atoms with Gasteiger partial charge in [0.15, 0.2) is 5.75 Å². The van der Waals surface area contributed by atoms with Crippen molar-refractivity contribution in [2.45, 2.75) is 30.7 Å². The summed E-state index contributed by atoms with van der Waals surface area (Å²) in [5.74, 6) is 0.309. The molecule has 104 valence electrons. The van der Waals surface area contributed by atoms with Crippen molar-refractivity contribution in [2.24, 2.45) is 0 Å². The molecule has 1 aliphatic heterocycles. The summed E-state index contributed by atoms with van der Waals surface area (Å²) in [5, 5.41) is 11.6. The average Bonchev–Trinajstić information content (AvgIpc) is 2.46. The minimum absolute atomic E-state index is 0.00718. The second kappa shape index (κ2) is 6.86. The van der Waals surface area contributed by atoms with Crippen LogP contribution >= 0.6 is 15.9 Å². The summed E-state index contributed by atoms with van der Waals surface area (Å²) in [4.78, 5) is 10.6. The number of nitro groups is 1. The van der Waals surface area contributed by atoms with Gasteiger partial charge in [-0.1, -0.05) is 22.0 Å². The molecule has 0 aliphatic carbocycles. The van der Waals surface area contributed by atoms with Crippen molar-refractivity contribution in [3.05, 3.63) is 33.9 Å². The standard InChI is InChI=1S/C13H16BrNO4/c14-8-10-4-5-13(12(7-10)15(16)17)19-9-11-3-1-2-6-18-11/h4-5,7,11H,1-3,6,8-9H2. The van der Waals surface area contributed by atoms with Crippen LogP contribution in [0.15, 0.2) is 18.2 Å². The monoisotopic (exact) mass is 329 g/mol. The van der Waals surface area contributed by atoms with Gasteiger partial charge in [0.05, 0.1) is 11.0 Å². The molecule has 0 amide bonds. The molecule has 1 aromatic rings. The molecule has 1 aliphatic rings. The van der Waals surface area contributed by atoms with Gasteiger partial charge in [-0.15, -0.1) is 0 Å². The van der Waals surface area contributed by atoms with Gasteiger partial charge < -0.3 is 9.47 Å². The van der Waals surface area contributed by atoms with Crippen molar-refractivity contribution >= 4 is 21.6 Å². The van der Waals surface area contributed by atoms with E-state index < -0.39 is 4.92 Å². The number of benzene rings is 1. The first kappa shape index (κ1) is 14.3. The first-order valence-electron chi connectivity index (χ1n) is 6.28. The van der Waals surface area contributed by atoms with Crippen LogP contribution in [0.3, 0.4) is 0 Å². The Morgan fingerprint density at radius 3 is 2.95 bits per heavy atom. The van der Waals surface area contributed by atoms with Gasteiger partial charge in [0.2, 0.25) is 0 Å². The first-order valence-corrected chi connectivity index (χ1v) is 7.40. The Kier molecular flexibility index (Phi) is 5.15. The molecule has 5 nitrogen and oxygen atoms in total. The van der Waals surface area contributed by atoms with Crippen LogP contribution in [0.1, 0.15) is 24.8 Å². The van der Waals surface area contributed by atoms with Crippen molar-refractivity contribution in [1.82, 2.24) is 0 Å². The largest absolute Gasteiger partial charge is 0.484 e. The summed E-state index contributed by atoms with van der Waals surface area (Å²) >= 11 is 3.28. The van der Waals surface area contributed by atoms with E-state index in [-0.39, 0.29) is 11.8 Å². The molecule has 0 N–H and O–H groups in total. The number of ether oxygens (including phenoxy) is 2. The van der Waals surface area contributed by atoms with Gasteiger partial charge >= 0.3 is 5.69 Å². The molecule has 19 heavy (non-hydrogen) atoms. The van der Waals surface area contributed by atoms with Crippen LogP contribution in [-0.4, -0.2) is 24.2 Å². The normalized spacial score (nSPS) is 19.1. The van der Waals surface area contributed by atoms with E-state index in [9.17, 15) is 10.1 Å². The molecule has 1 saturated heterocycles. The summed E-state index contributed by atoms with van der Waals surface area (Å²) in [6.45, 7) is 1.12. The zero-order valence-electron chi connectivity index (χ0n) is 10.5. The smallest absolute Gasteiger partial charge is 0.311 e. The lowest BCUT2D eigenvalue weighted by Crippen LogP contribution is -2.25. The molecule has 1 unspecified atom stereocenters. The van der Waals surface area contributed by atoms with Gasteiger partial charge in [-0.25, -0.2) is 0 Å². The lowest BCUT2D eigenvalue weighted by atomic mass is 10.1. The van der Waals surface area contributed by atoms with Crippen molar-refractivity contribution in [3.8, 4) is 5.75 Å². The molecule has 0 aromatic heterocycles. The minimum Gasteiger partial charge on any atom is -0.484 e. The first-order chi connectivity index (χ1) is 9.20. The maximum Gasteiger partial charge on any atom is 0.311 e. The summed E-state index contributed by atoms with van der Waals surface area (Å²) < 4.78 is 11.1. The Morgan fingerprint density at radius 1 is 1.47 bits per heavy atom. The maximum absolute atomic E-state index is 11.0. The summed E-state index contributed by atoms with van der Waals surface area (Å²) in [6.07, 6.45) is 3.20. The number of halogens is 1. The number of nitrogens with zero attached hydrogens (tertiary/aromatic N) is 1. The fraction of sp³-hybridized carbons (Fsp3) is 0.538. The Bertz CT molecular complexity index is 446. The Labute approximate surface area is 120 Å². The zero-order chi connectivity index (χ0) is 13.7. The van der Waals surface area contributed by atoms with E-state index in [4.69, 9.17) is 9.47 Å². The topological polar surface area (TPSA) is 61.6 Å². The van der Waals surface area contributed by atoms with Gasteiger partial charge in [0, 0.05) is 18.0 Å². The van der Waals surface area contributed by atoms with Gasteiger partial charge in [0.1, 0.15) is 6.61 Å². The molecular weight excluding hydrogens is 314 g/mol. The third kappa shape index (κ3) is 3.91. The van der Waals surface area contributed by atoms with Crippen LogP contribution in [0.25, 0.3) is 0 Å². The van der Waals surface area contributed by atoms with Gasteiger partial charge in [0.25, 0.3) is 0 Å². The second-order valence-corrected chi connectivity index (χ2v) is 5.05. The molecule has 6 heteroatoms. The fourth-order valence-electron chi connectivity index (χ4n) is 2.03. The summed E-state index contributed by atoms with van der Waals surface area (Å²) in [5.41, 5.74) is 0.862. The molecule has 1 atom stereocenters. The van der Waals surface area contributed by atoms with Gasteiger partial charge in [-0.05, 0) is 30.9 Å². The van der Waals surface area contributed by atoms with E-state index in [2.05, 4.69) is 15.9 Å². The number of nitro benzene ring substituents is 1. The van der Waals surface area contributed by atoms with Crippen molar-refractivity contribution in [1.29, 1.82) is 0 Å². The number of rotatable bonds is 5. The predicted octanol–water partition coefficient (Wildman–Crippen LogP) is 3.44. The zero-order valence-corrected chi connectivity index (χ0v) is 12.1. The molecule has 0 saturated carbocycles. The van der Waals surface area contributed by atoms with Crippen LogP contribution in [0.5, 0.6) is 5.75 Å². The number of hydrogen-bond acceptors (Lipinski definition) is 4. The van der Waals surface area contributed by atoms with Crippen LogP contribution in [0.4, 0.5) is 5.69 Å². The quantitative estimate of drug-likeness (QED) is 0.471. The lowest BCUT2D eigenvalue weighted by molar-refractivity contribution is -0.386. The fourth-order valence-corrected chi connectivity index (χ4v) is 2.38. The Hall–Kier alpha value is -1.14. The summed E-state index contributed by atoms with van der Waals surface area (Å²) in [6, 6.07) is 5.00. The van der Waals surface area contributed by atoms with E-state index in [1.54, 1.807) is 6.07 Å². The van der Waals surface area contributed by atoms with Gasteiger partial charge in [-0.3, -0.25) is 10.1 Å². The highest BCUT2D eigenvalue weighted by molar-refractivity contribution is 9.08. The number of hydrogen-bond donors (Lipinski definition) is 0. The molecule has 0 radical (unpaired) electrons. The predicted molar refractivity (Wildman–Crippen MR) is 74.8 cm³/mol. The SMILES string of the molecule is O=[N+]([O-])c1cc(CBr)ccc1OCC1CCCCO1. The van der Waals surface area contributed by atoms with Crippen LogP contribution < -0.4 is 4.74 Å². The number of alkyl halides is 1. The highest BCUT2D eigenvalue weighted by Crippen LogP contribution is 2.29. The van der Waals surface area contributed by atoms with E-state index in [0.717, 1.165) is 31.4 Å². The van der Waals surface area contributed by atoms with Crippen LogP contribution in [-0.2, 0) is 10.1 Å². The van der Waals surface area contributed by atoms with Crippen molar-refractivity contribution in [2.75, 3.05) is 13.2 Å². The van der Waals surface area contributed by atoms with Crippen molar-refractivity contribution < 1.29 is 14.4 Å². The van der Waals surface area contributed by atoms with E-state index in [1.165, 1.54) is 6.07 Å². The minimum atomic E-state index is -0.413. The maximum atomic E-state index is 11.0. The molecule has 1 heterocycles. The van der Waals surface area contributed by atoms with Crippen LogP contribution in [0.2, 0.25) is 0 Å². The molecule has 1 fully saturated rings. The van der Waals surface area contributed by atoms with E-state index >= 15 is 0 Å². The van der Waals surface area contributed by atoms with Crippen LogP contribution in [0, 0.1) is 10.1 Å². The highest BCUT2D eigenvalue weighted by Gasteiger charge is 2.19. The lowest BCUT2D eigenvalue weighted by Gasteiger charge is -2.22. The summed E-state index contributed by atoms with van der Waals surface area (Å²) in [7, 11) is 0. The molecule has 0 bridgehead atoms. The van der Waals surface area contributed by atoms with E-state index in [0.29, 0.717) is 17.7 Å². The average molecular weight is 330 g/mol. The molecule has 1 aromatic carbocycles. The molecular formula is C13H16BrNO4. The second-order valence-electron chi connectivity index (χ2n) is 4.49. The van der Waals surface area contributed by atoms with Crippen molar-refractivity contribution in [3.63, 3.8) is 0 Å². The molecule has 0 spiro atoms. The Balaban J connectivity index is 2.04. The third-order valence-electron chi connectivity index (χ3n) is 3.07.